The standard InChI is InChI=1S/2C44H29N5.C38H25N5/c1-3-11-29(12-4-1)31-15-7-18-34(23-31)42-47-43(35-19-8-16-32(24-35)30-13-5-2-6-14-30)49-44(48-42)36-20-9-17-33(25-36)38-21-10-22-39-40(38)26-37-27-45-28-46-41(37)39;1-3-10-29(11-4-1)31-20-22-32(23-21-31)42-47-43(35-16-7-14-33(24-35)30-12-5-2-6-13-30)49-44(48-42)36-17-8-15-34(25-36)38-18-9-19-39-40(38)26-37-27-45-28-46-41(37)39;1-3-9-25(10-4-1)26-17-19-28(20-18-26)37-41-36(27-11-5-2-6-12-27)42-38(43-37)30-14-7-13-29(21-30)32-15-8-16-33-34(32)22-31-23-39-24-40-35(31)33/h2*1-25,27-28H,26H2;1-21,23-24H,22H2. The molecule has 3 aliphatic carbocycles. The maximum absolute atomic E-state index is 5.11. The van der Waals surface area contributed by atoms with E-state index in [0.717, 1.165) is 164 Å². The highest BCUT2D eigenvalue weighted by Gasteiger charge is 2.29. The van der Waals surface area contributed by atoms with Crippen molar-refractivity contribution in [3.05, 3.63) is 502 Å². The van der Waals surface area contributed by atoms with Gasteiger partial charge >= 0.3 is 0 Å². The molecule has 6 aromatic heterocycles. The molecule has 26 rings (SSSR count). The number of hydrogen-bond acceptors (Lipinski definition) is 15. The Balaban J connectivity index is 0.000000115. The summed E-state index contributed by atoms with van der Waals surface area (Å²) in [7, 11) is 0. The van der Waals surface area contributed by atoms with E-state index in [1.54, 1.807) is 19.0 Å². The third kappa shape index (κ3) is 17.6. The van der Waals surface area contributed by atoms with Crippen molar-refractivity contribution in [2.75, 3.05) is 0 Å². The Hall–Kier alpha value is -19.0. The predicted molar refractivity (Wildman–Crippen MR) is 563 cm³/mol. The van der Waals surface area contributed by atoms with Crippen molar-refractivity contribution >= 4 is 0 Å². The predicted octanol–water partition coefficient (Wildman–Crippen LogP) is 29.0. The van der Waals surface area contributed by atoms with Crippen LogP contribution in [0.5, 0.6) is 0 Å². The normalized spacial score (nSPS) is 11.6. The molecular weight excluding hydrogens is 1720 g/mol. The lowest BCUT2D eigenvalue weighted by molar-refractivity contribution is 1.07. The van der Waals surface area contributed by atoms with Crippen LogP contribution in [0.1, 0.15) is 33.4 Å². The zero-order valence-corrected chi connectivity index (χ0v) is 76.3. The van der Waals surface area contributed by atoms with Crippen molar-refractivity contribution in [1.82, 2.24) is 74.8 Å². The highest BCUT2D eigenvalue weighted by molar-refractivity contribution is 5.89. The van der Waals surface area contributed by atoms with E-state index in [1.165, 1.54) is 61.2 Å². The highest BCUT2D eigenvalue weighted by atomic mass is 15.1. The van der Waals surface area contributed by atoms with Crippen LogP contribution in [0.2, 0.25) is 0 Å². The van der Waals surface area contributed by atoms with Gasteiger partial charge in [0, 0.05) is 121 Å². The fourth-order valence-corrected chi connectivity index (χ4v) is 19.2. The first-order valence-electron chi connectivity index (χ1n) is 47.0. The topological polar surface area (TPSA) is 193 Å². The molecule has 141 heavy (non-hydrogen) atoms. The molecule has 0 saturated heterocycles. The first-order valence-corrected chi connectivity index (χ1v) is 47.0. The maximum atomic E-state index is 5.11. The monoisotopic (exact) mass is 1810 g/mol. The van der Waals surface area contributed by atoms with Gasteiger partial charge in [-0.1, -0.05) is 394 Å². The van der Waals surface area contributed by atoms with Gasteiger partial charge in [-0.25, -0.2) is 74.8 Å². The van der Waals surface area contributed by atoms with Gasteiger partial charge in [0.1, 0.15) is 19.0 Å². The molecule has 3 aliphatic rings. The molecule has 15 nitrogen and oxygen atoms in total. The molecule has 0 spiro atoms. The van der Waals surface area contributed by atoms with Crippen molar-refractivity contribution in [2.24, 2.45) is 0 Å². The van der Waals surface area contributed by atoms with Gasteiger partial charge in [0.2, 0.25) is 0 Å². The van der Waals surface area contributed by atoms with E-state index in [4.69, 9.17) is 44.9 Å². The Bertz CT molecular complexity index is 8510. The SMILES string of the molecule is c1ccc(-c2ccc(-c3nc(-c4cccc(-c5ccccc5)c4)nc(-c4cccc(-c5cccc6c5Cc5cncnc5-6)c4)n3)cc2)cc1.c1ccc(-c2ccc(-c3nc(-c4ccccc4)nc(-c4cccc(-c5cccc6c5Cc5cncnc5-6)c4)n3)cc2)cc1.c1ccc(-c2cccc(-c3nc(-c4cccc(-c5ccccc5)c4)nc(-c4cccc(-c5cccc6c5Cc5cncnc5-6)c4)n3)c2)cc1. The van der Waals surface area contributed by atoms with Crippen LogP contribution in [-0.4, -0.2) is 74.8 Å². The van der Waals surface area contributed by atoms with Crippen molar-refractivity contribution < 1.29 is 0 Å². The van der Waals surface area contributed by atoms with Crippen LogP contribution in [0.25, 0.3) is 225 Å². The van der Waals surface area contributed by atoms with Crippen LogP contribution in [-0.2, 0) is 19.3 Å². The van der Waals surface area contributed by atoms with Crippen LogP contribution in [0.15, 0.2) is 468 Å². The Morgan fingerprint density at radius 1 is 0.135 bits per heavy atom. The van der Waals surface area contributed by atoms with Gasteiger partial charge in [-0.05, 0) is 142 Å². The zero-order valence-electron chi connectivity index (χ0n) is 76.3. The Morgan fingerprint density at radius 3 is 0.560 bits per heavy atom. The molecule has 17 aromatic carbocycles. The summed E-state index contributed by atoms with van der Waals surface area (Å²) in [6.45, 7) is 0. The van der Waals surface area contributed by atoms with Crippen molar-refractivity contribution in [1.29, 1.82) is 0 Å². The van der Waals surface area contributed by atoms with Crippen molar-refractivity contribution in [3.8, 4) is 225 Å². The Labute approximate surface area is 815 Å². The van der Waals surface area contributed by atoms with Crippen molar-refractivity contribution in [2.45, 2.75) is 19.3 Å². The molecule has 0 N–H and O–H groups in total. The summed E-state index contributed by atoms with van der Waals surface area (Å²) in [4.78, 5) is 72.0. The molecule has 662 valence electrons. The highest BCUT2D eigenvalue weighted by Crippen LogP contribution is 2.46. The Morgan fingerprint density at radius 2 is 0.305 bits per heavy atom. The molecule has 0 fully saturated rings. The van der Waals surface area contributed by atoms with Crippen LogP contribution in [0, 0.1) is 0 Å². The van der Waals surface area contributed by atoms with Crippen LogP contribution >= 0.6 is 0 Å². The third-order valence-corrected chi connectivity index (χ3v) is 26.2. The minimum atomic E-state index is 0.624. The molecule has 0 atom stereocenters. The summed E-state index contributed by atoms with van der Waals surface area (Å²) in [5.41, 5.74) is 40.5. The van der Waals surface area contributed by atoms with E-state index in [0.29, 0.717) is 52.4 Å². The summed E-state index contributed by atoms with van der Waals surface area (Å²) in [6, 6.07) is 149. The van der Waals surface area contributed by atoms with Crippen LogP contribution in [0.4, 0.5) is 0 Å². The number of rotatable bonds is 17. The van der Waals surface area contributed by atoms with Gasteiger partial charge in [-0.2, -0.15) is 0 Å². The minimum absolute atomic E-state index is 0.624. The lowest BCUT2D eigenvalue weighted by Gasteiger charge is -2.12. The summed E-state index contributed by atoms with van der Waals surface area (Å²) in [6.07, 6.45) is 13.1. The molecule has 0 radical (unpaired) electrons. The largest absolute Gasteiger partial charge is 0.244 e. The van der Waals surface area contributed by atoms with Gasteiger partial charge in [0.15, 0.2) is 52.4 Å². The summed E-state index contributed by atoms with van der Waals surface area (Å²) in [5, 5.41) is 0. The fourth-order valence-electron chi connectivity index (χ4n) is 19.2. The number of benzene rings is 17. The quantitative estimate of drug-likeness (QED) is 0.0835. The molecular formula is C126H83N15. The molecule has 6 heterocycles. The molecule has 0 aliphatic heterocycles. The minimum Gasteiger partial charge on any atom is -0.244 e. The second-order valence-electron chi connectivity index (χ2n) is 35.0. The van der Waals surface area contributed by atoms with E-state index >= 15 is 0 Å². The summed E-state index contributed by atoms with van der Waals surface area (Å²) >= 11 is 0. The van der Waals surface area contributed by atoms with Crippen LogP contribution in [0.3, 0.4) is 0 Å². The maximum Gasteiger partial charge on any atom is 0.164 e. The summed E-state index contributed by atoms with van der Waals surface area (Å²) < 4.78 is 0. The Kier molecular flexibility index (Phi) is 22.9. The van der Waals surface area contributed by atoms with Gasteiger partial charge in [-0.3, -0.25) is 0 Å². The van der Waals surface area contributed by atoms with E-state index in [9.17, 15) is 0 Å². The van der Waals surface area contributed by atoms with Crippen molar-refractivity contribution in [3.63, 3.8) is 0 Å². The van der Waals surface area contributed by atoms with Gasteiger partial charge in [0.25, 0.3) is 0 Å². The first kappa shape index (κ1) is 85.0. The van der Waals surface area contributed by atoms with Crippen LogP contribution < -0.4 is 0 Å². The van der Waals surface area contributed by atoms with Gasteiger partial charge in [-0.15, -0.1) is 0 Å². The van der Waals surface area contributed by atoms with E-state index in [-0.39, 0.29) is 0 Å². The van der Waals surface area contributed by atoms with E-state index < -0.39 is 0 Å². The molecule has 15 heteroatoms. The van der Waals surface area contributed by atoms with E-state index in [1.807, 2.05) is 79.3 Å². The average Bonchev–Trinajstić information content (AvgIpc) is 1.58. The molecule has 23 aromatic rings. The van der Waals surface area contributed by atoms with E-state index in [2.05, 4.69) is 400 Å². The lowest BCUT2D eigenvalue weighted by Crippen LogP contribution is -2.00. The van der Waals surface area contributed by atoms with Gasteiger partial charge < -0.3 is 0 Å². The zero-order chi connectivity index (χ0) is 93.7. The first-order chi connectivity index (χ1) is 69.8. The smallest absolute Gasteiger partial charge is 0.164 e. The number of aromatic nitrogens is 15. The third-order valence-electron chi connectivity index (χ3n) is 26.2. The second kappa shape index (κ2) is 38.1. The summed E-state index contributed by atoms with van der Waals surface area (Å²) in [5.74, 6) is 5.69. The molecule has 0 unspecified atom stereocenters. The lowest BCUT2D eigenvalue weighted by atomic mass is 9.95. The molecule has 0 saturated carbocycles. The number of fused-ring (bicyclic) bond motifs is 9. The number of hydrogen-bond donors (Lipinski definition) is 0. The van der Waals surface area contributed by atoms with Gasteiger partial charge in [0.05, 0.1) is 17.1 Å². The molecule has 0 amide bonds. The average molecular weight is 1810 g/mol. The fraction of sp³-hybridized carbons (Fsp3) is 0.0238. The number of nitrogens with zero attached hydrogens (tertiary/aromatic N) is 15. The second-order valence-corrected chi connectivity index (χ2v) is 35.0. The molecule has 0 bridgehead atoms.